The average molecular weight is 701 g/mol. The van der Waals surface area contributed by atoms with E-state index in [1.807, 2.05) is 31.3 Å². The molecule has 50 heavy (non-hydrogen) atoms. The molecular formula is C40H55N5O4P+. The Bertz CT molecular complexity index is 1770. The Hall–Kier alpha value is -3.80. The van der Waals surface area contributed by atoms with Gasteiger partial charge in [0.1, 0.15) is 24.4 Å². The van der Waals surface area contributed by atoms with Crippen LogP contribution in [-0.2, 0) is 9.05 Å². The molecule has 268 valence electrons. The van der Waals surface area contributed by atoms with Gasteiger partial charge in [-0.3, -0.25) is 4.79 Å². The molecule has 0 spiro atoms. The van der Waals surface area contributed by atoms with E-state index < -0.39 is 8.53 Å². The van der Waals surface area contributed by atoms with Crippen LogP contribution in [-0.4, -0.2) is 81.6 Å². The van der Waals surface area contributed by atoms with Crippen LogP contribution in [0.15, 0.2) is 65.1 Å². The molecule has 1 unspecified atom stereocenters. The maximum atomic E-state index is 14.2. The normalized spacial score (nSPS) is 12.0. The van der Waals surface area contributed by atoms with Crippen molar-refractivity contribution in [1.29, 1.82) is 5.26 Å². The molecule has 0 radical (unpaired) electrons. The Kier molecular flexibility index (Phi) is 15.2. The lowest BCUT2D eigenvalue weighted by molar-refractivity contribution is 0.0768. The van der Waals surface area contributed by atoms with Crippen molar-refractivity contribution in [3.8, 4) is 28.5 Å². The zero-order chi connectivity index (χ0) is 36.0. The summed E-state index contributed by atoms with van der Waals surface area (Å²) in [6, 6.07) is 22.8. The van der Waals surface area contributed by atoms with Crippen molar-refractivity contribution in [1.82, 2.24) is 14.1 Å². The van der Waals surface area contributed by atoms with E-state index in [0.717, 1.165) is 96.6 Å². The number of amides is 1. The van der Waals surface area contributed by atoms with Crippen LogP contribution in [0.2, 0.25) is 0 Å². The fourth-order valence-corrected chi connectivity index (χ4v) is 7.95. The molecule has 1 amide bonds. The van der Waals surface area contributed by atoms with Gasteiger partial charge in [-0.05, 0) is 70.4 Å². The molecule has 4 rings (SSSR count). The summed E-state index contributed by atoms with van der Waals surface area (Å²) in [7, 11) is 0.492. The Balaban J connectivity index is 1.74. The number of anilines is 1. The zero-order valence-corrected chi connectivity index (χ0v) is 32.0. The molecule has 1 aliphatic carbocycles. The van der Waals surface area contributed by atoms with Crippen molar-refractivity contribution < 1.29 is 18.3 Å². The second kappa shape index (κ2) is 19.6. The van der Waals surface area contributed by atoms with Crippen molar-refractivity contribution in [2.45, 2.75) is 60.8 Å². The van der Waals surface area contributed by atoms with Gasteiger partial charge in [0.15, 0.2) is 0 Å². The molecule has 1 heterocycles. The Morgan fingerprint density at radius 2 is 1.56 bits per heavy atom. The molecule has 0 saturated heterocycles. The highest BCUT2D eigenvalue weighted by atomic mass is 31.2. The van der Waals surface area contributed by atoms with E-state index in [0.29, 0.717) is 31.7 Å². The van der Waals surface area contributed by atoms with Gasteiger partial charge < -0.3 is 23.3 Å². The van der Waals surface area contributed by atoms with Crippen LogP contribution >= 0.6 is 8.53 Å². The number of hydrogen-bond acceptors (Lipinski definition) is 7. The van der Waals surface area contributed by atoms with Crippen LogP contribution in [0.3, 0.4) is 0 Å². The number of carbonyl (C=O) groups excluding carboxylic acids is 1. The summed E-state index contributed by atoms with van der Waals surface area (Å²) >= 11 is 0. The lowest BCUT2D eigenvalue weighted by atomic mass is 9.90. The molecule has 0 N–H and O–H groups in total. The third-order valence-corrected chi connectivity index (χ3v) is 10.6. The van der Waals surface area contributed by atoms with Gasteiger partial charge in [-0.15, -0.1) is 0 Å². The predicted octanol–water partition coefficient (Wildman–Crippen LogP) is 8.23. The number of nitrogens with zero attached hydrogens (tertiary/aromatic N) is 5. The summed E-state index contributed by atoms with van der Waals surface area (Å²) in [5, 5.41) is 11.1. The number of rotatable bonds is 19. The van der Waals surface area contributed by atoms with Crippen LogP contribution < -0.4 is 14.8 Å². The number of benzene rings is 3. The molecule has 0 bridgehead atoms. The topological polar surface area (TPSA) is 85.2 Å². The first-order valence-electron chi connectivity index (χ1n) is 18.2. The lowest BCUT2D eigenvalue weighted by Crippen LogP contribution is -2.31. The Labute approximate surface area is 300 Å². The van der Waals surface area contributed by atoms with Crippen molar-refractivity contribution in [2.24, 2.45) is 0 Å². The molecule has 10 heteroatoms. The quantitative estimate of drug-likeness (QED) is 0.0422. The van der Waals surface area contributed by atoms with Crippen LogP contribution in [0.4, 0.5) is 5.69 Å². The summed E-state index contributed by atoms with van der Waals surface area (Å²) in [6.07, 6.45) is 2.26. The number of fused-ring (bicyclic) bond motifs is 2. The van der Waals surface area contributed by atoms with Crippen molar-refractivity contribution in [3.05, 3.63) is 71.6 Å². The molecule has 2 aliphatic rings. The summed E-state index contributed by atoms with van der Waals surface area (Å²) in [4.78, 5) is 18.3. The monoisotopic (exact) mass is 700 g/mol. The number of hydrogen-bond donors (Lipinski definition) is 0. The lowest BCUT2D eigenvalue weighted by Gasteiger charge is -2.29. The highest BCUT2D eigenvalue weighted by Crippen LogP contribution is 2.44. The molecule has 1 atom stereocenters. The minimum Gasteiger partial charge on any atom is -0.456 e. The van der Waals surface area contributed by atoms with Gasteiger partial charge in [0.2, 0.25) is 5.36 Å². The molecule has 0 saturated carbocycles. The van der Waals surface area contributed by atoms with E-state index >= 15 is 0 Å². The fourth-order valence-electron chi connectivity index (χ4n) is 6.34. The number of likely N-dealkylation sites (N-methyl/N-ethyl adjacent to an activating group) is 1. The van der Waals surface area contributed by atoms with Crippen LogP contribution in [0.25, 0.3) is 33.4 Å². The van der Waals surface area contributed by atoms with E-state index in [2.05, 4.69) is 98.2 Å². The minimum absolute atomic E-state index is 0.0838. The van der Waals surface area contributed by atoms with Gasteiger partial charge in [-0.25, -0.2) is 9.25 Å². The van der Waals surface area contributed by atoms with Crippen LogP contribution in [0.5, 0.6) is 0 Å². The predicted molar refractivity (Wildman–Crippen MR) is 206 cm³/mol. The van der Waals surface area contributed by atoms with Gasteiger partial charge in [0.05, 0.1) is 31.8 Å². The van der Waals surface area contributed by atoms with Gasteiger partial charge in [0, 0.05) is 79.7 Å². The second-order valence-corrected chi connectivity index (χ2v) is 13.8. The first-order chi connectivity index (χ1) is 24.3. The maximum Gasteiger partial charge on any atom is 0.258 e. The first-order valence-corrected chi connectivity index (χ1v) is 19.3. The first kappa shape index (κ1) is 39.0. The maximum absolute atomic E-state index is 14.2. The largest absolute Gasteiger partial charge is 0.456 e. The highest BCUT2D eigenvalue weighted by molar-refractivity contribution is 7.44. The van der Waals surface area contributed by atoms with Gasteiger partial charge >= 0.3 is 0 Å². The third kappa shape index (κ3) is 9.30. The van der Waals surface area contributed by atoms with E-state index in [1.165, 1.54) is 0 Å². The van der Waals surface area contributed by atoms with E-state index in [9.17, 15) is 4.79 Å². The van der Waals surface area contributed by atoms with Crippen molar-refractivity contribution in [3.63, 3.8) is 0 Å². The van der Waals surface area contributed by atoms with Crippen LogP contribution in [0, 0.1) is 11.3 Å². The van der Waals surface area contributed by atoms with E-state index in [-0.39, 0.29) is 5.91 Å². The highest BCUT2D eigenvalue weighted by Gasteiger charge is 2.25. The Morgan fingerprint density at radius 3 is 2.22 bits per heavy atom. The second-order valence-electron chi connectivity index (χ2n) is 12.2. The van der Waals surface area contributed by atoms with Gasteiger partial charge in [-0.2, -0.15) is 5.26 Å². The van der Waals surface area contributed by atoms with Crippen LogP contribution in [0.1, 0.15) is 71.2 Å². The number of nitriles is 1. The standard InChI is InChI=1S/C40H55N5O4P/c1-8-24-45(25-9-2)50(47-27-16-23-41)48-28-26-42(7)40(46)34-18-15-14-17-33(34)39-35-21-19-31(43(10-3)11-4)29-37(35)49-38-30-32(20-22-36(38)39)44(12-5)13-6/h14-15,17-22,29-30H,8-13,16,24-28H2,1-7H3/q+1. The van der Waals surface area contributed by atoms with E-state index in [4.69, 9.17) is 18.7 Å². The molecule has 0 fully saturated rings. The third-order valence-electron chi connectivity index (χ3n) is 8.96. The zero-order valence-electron chi connectivity index (χ0n) is 31.1. The average Bonchev–Trinajstić information content (AvgIpc) is 3.13. The van der Waals surface area contributed by atoms with E-state index in [1.54, 1.807) is 4.90 Å². The summed E-state index contributed by atoms with van der Waals surface area (Å²) in [5.74, 6) is 0.700. The number of carbonyl (C=O) groups is 1. The molecule has 0 aromatic heterocycles. The summed E-state index contributed by atoms with van der Waals surface area (Å²) in [6.45, 7) is 19.2. The molecule has 2 aromatic carbocycles. The fraction of sp³-hybridized carbons (Fsp3) is 0.475. The summed E-state index contributed by atoms with van der Waals surface area (Å²) < 4.78 is 23.5. The summed E-state index contributed by atoms with van der Waals surface area (Å²) in [5.41, 5.74) is 5.31. The molecule has 1 aliphatic heterocycles. The van der Waals surface area contributed by atoms with Crippen molar-refractivity contribution in [2.75, 3.05) is 71.0 Å². The SMILES string of the molecule is CCCN(CCC)P(OCCC#N)OCCN(C)C(=O)c1ccccc1-c1c2ccc(=[N+](CC)CC)cc-2oc2cc(N(CC)CC)ccc12. The molecular weight excluding hydrogens is 645 g/mol. The smallest absolute Gasteiger partial charge is 0.258 e. The van der Waals surface area contributed by atoms with Crippen molar-refractivity contribution >= 4 is 31.1 Å². The molecule has 9 nitrogen and oxygen atoms in total. The Morgan fingerprint density at radius 1 is 0.860 bits per heavy atom. The van der Waals surface area contributed by atoms with Gasteiger partial charge in [0.25, 0.3) is 14.4 Å². The minimum atomic E-state index is -1.33. The molecule has 2 aromatic rings. The van der Waals surface area contributed by atoms with Gasteiger partial charge in [-0.1, -0.05) is 32.0 Å².